The monoisotopic (exact) mass is 556 g/mol. The van der Waals surface area contributed by atoms with Crippen LogP contribution in [0.2, 0.25) is 0 Å². The summed E-state index contributed by atoms with van der Waals surface area (Å²) < 4.78 is 46.3. The van der Waals surface area contributed by atoms with Gasteiger partial charge < -0.3 is 24.1 Å². The van der Waals surface area contributed by atoms with Gasteiger partial charge in [0.1, 0.15) is 5.75 Å². The Bertz CT molecular complexity index is 1500. The molecule has 0 spiro atoms. The van der Waals surface area contributed by atoms with Crippen molar-refractivity contribution in [1.82, 2.24) is 8.87 Å². The zero-order valence-electron chi connectivity index (χ0n) is 20.7. The van der Waals surface area contributed by atoms with E-state index in [2.05, 4.69) is 9.88 Å². The van der Waals surface area contributed by atoms with Crippen molar-refractivity contribution in [1.29, 1.82) is 0 Å². The number of nitrogens with zero attached hydrogens (tertiary/aromatic N) is 3. The van der Waals surface area contributed by atoms with E-state index in [9.17, 15) is 13.2 Å². The number of anilines is 1. The van der Waals surface area contributed by atoms with Crippen molar-refractivity contribution in [2.45, 2.75) is 30.4 Å². The lowest BCUT2D eigenvalue weighted by Crippen LogP contribution is -2.40. The lowest BCUT2D eigenvalue weighted by atomic mass is 10.1. The number of aromatic nitrogens is 1. The summed E-state index contributed by atoms with van der Waals surface area (Å²) in [5, 5.41) is 4.91. The third-order valence-electron chi connectivity index (χ3n) is 6.79. The van der Waals surface area contributed by atoms with Crippen LogP contribution in [0.4, 0.5) is 11.4 Å². The van der Waals surface area contributed by atoms with Gasteiger partial charge in [-0.05, 0) is 55.3 Å². The largest absolute Gasteiger partial charge is 0.482 e. The predicted octanol–water partition coefficient (Wildman–Crippen LogP) is 2.98. The number of hydrogen-bond acceptors (Lipinski definition) is 8. The summed E-state index contributed by atoms with van der Waals surface area (Å²) >= 11 is 1.50. The van der Waals surface area contributed by atoms with Crippen molar-refractivity contribution in [3.63, 3.8) is 0 Å². The maximum absolute atomic E-state index is 13.0. The molecule has 1 atom stereocenters. The van der Waals surface area contributed by atoms with Crippen LogP contribution in [-0.2, 0) is 30.8 Å². The molecule has 0 radical (unpaired) electrons. The first-order valence-electron chi connectivity index (χ1n) is 12.6. The molecule has 2 saturated heterocycles. The third kappa shape index (κ3) is 5.14. The molecule has 2 fully saturated rings. The number of nitrogens with one attached hydrogen (secondary N) is 1. The zero-order chi connectivity index (χ0) is 26.1. The van der Waals surface area contributed by atoms with Crippen LogP contribution in [0.15, 0.2) is 57.7 Å². The number of ether oxygens (including phenoxy) is 3. The molecule has 1 N–H and O–H groups in total. The van der Waals surface area contributed by atoms with Crippen molar-refractivity contribution >= 4 is 38.6 Å². The Morgan fingerprint density at radius 3 is 2.66 bits per heavy atom. The number of carbonyl (C=O) groups is 1. The van der Waals surface area contributed by atoms with Crippen LogP contribution in [0.25, 0.3) is 11.3 Å². The molecule has 3 aliphatic rings. The third-order valence-corrected chi connectivity index (χ3v) is 9.56. The van der Waals surface area contributed by atoms with Crippen LogP contribution in [0, 0.1) is 0 Å². The number of sulfonamides is 1. The second-order valence-electron chi connectivity index (χ2n) is 9.32. The molecule has 1 unspecified atom stereocenters. The summed E-state index contributed by atoms with van der Waals surface area (Å²) in [6.45, 7) is 2.92. The van der Waals surface area contributed by atoms with E-state index in [0.717, 1.165) is 35.5 Å². The zero-order valence-corrected chi connectivity index (χ0v) is 22.3. The SMILES string of the molecule is O=C1COc2ccc(-c3csc(=Nc4ccc(S(=O)(=O)N5CCOCC5)cc4)n3CC3CCCO3)cc2N1. The van der Waals surface area contributed by atoms with E-state index in [-0.39, 0.29) is 23.5 Å². The van der Waals surface area contributed by atoms with Crippen LogP contribution in [0.1, 0.15) is 12.8 Å². The maximum atomic E-state index is 13.0. The minimum atomic E-state index is -3.57. The molecular weight excluding hydrogens is 528 g/mol. The second-order valence-corrected chi connectivity index (χ2v) is 12.1. The number of morpholine rings is 1. The molecule has 6 rings (SSSR count). The van der Waals surface area contributed by atoms with Gasteiger partial charge in [-0.15, -0.1) is 11.3 Å². The van der Waals surface area contributed by atoms with E-state index >= 15 is 0 Å². The number of carbonyl (C=O) groups excluding carboxylic acids is 1. The van der Waals surface area contributed by atoms with Crippen LogP contribution in [-0.4, -0.2) is 68.8 Å². The predicted molar refractivity (Wildman–Crippen MR) is 142 cm³/mol. The molecular formula is C26H28N4O6S2. The standard InChI is InChI=1S/C26H28N4O6S2/c31-25-16-36-24-8-3-18(14-22(24)28-25)23-17-37-26(30(23)15-20-2-1-11-35-20)27-19-4-6-21(7-5-19)38(32,33)29-9-12-34-13-10-29/h3-8,14,17,20H,1-2,9-13,15-16H2,(H,28,31). The molecule has 1 amide bonds. The van der Waals surface area contributed by atoms with Gasteiger partial charge in [0.15, 0.2) is 11.4 Å². The van der Waals surface area contributed by atoms with Crippen molar-refractivity contribution in [3.05, 3.63) is 52.6 Å². The highest BCUT2D eigenvalue weighted by Crippen LogP contribution is 2.33. The van der Waals surface area contributed by atoms with Gasteiger partial charge in [0.25, 0.3) is 5.91 Å². The van der Waals surface area contributed by atoms with Gasteiger partial charge >= 0.3 is 0 Å². The Labute approximate surface area is 224 Å². The number of fused-ring (bicyclic) bond motifs is 1. The lowest BCUT2D eigenvalue weighted by Gasteiger charge is -2.26. The number of thiazole rings is 1. The molecule has 38 heavy (non-hydrogen) atoms. The maximum Gasteiger partial charge on any atom is 0.262 e. The fourth-order valence-electron chi connectivity index (χ4n) is 4.80. The van der Waals surface area contributed by atoms with E-state index in [0.29, 0.717) is 50.0 Å². The highest BCUT2D eigenvalue weighted by Gasteiger charge is 2.26. The number of rotatable bonds is 6. The van der Waals surface area contributed by atoms with Crippen LogP contribution >= 0.6 is 11.3 Å². The smallest absolute Gasteiger partial charge is 0.262 e. The van der Waals surface area contributed by atoms with Crippen molar-refractivity contribution < 1.29 is 27.4 Å². The van der Waals surface area contributed by atoms with Gasteiger partial charge in [-0.25, -0.2) is 13.4 Å². The van der Waals surface area contributed by atoms with Crippen LogP contribution < -0.4 is 14.9 Å². The molecule has 3 aromatic rings. The highest BCUT2D eigenvalue weighted by molar-refractivity contribution is 7.89. The Balaban J connectivity index is 1.34. The van der Waals surface area contributed by atoms with E-state index in [4.69, 9.17) is 19.2 Å². The summed E-state index contributed by atoms with van der Waals surface area (Å²) in [5.74, 6) is 0.466. The molecule has 2 aromatic carbocycles. The fraction of sp³-hybridized carbons (Fsp3) is 0.385. The molecule has 200 valence electrons. The second kappa shape index (κ2) is 10.6. The number of amides is 1. The topological polar surface area (TPSA) is 111 Å². The molecule has 0 bridgehead atoms. The molecule has 4 heterocycles. The van der Waals surface area contributed by atoms with Crippen molar-refractivity contribution in [3.8, 4) is 17.0 Å². The number of hydrogen-bond donors (Lipinski definition) is 1. The molecule has 0 aliphatic carbocycles. The Morgan fingerprint density at radius 1 is 1.08 bits per heavy atom. The van der Waals surface area contributed by atoms with Crippen LogP contribution in [0.3, 0.4) is 0 Å². The summed E-state index contributed by atoms with van der Waals surface area (Å²) in [6, 6.07) is 12.4. The van der Waals surface area contributed by atoms with E-state index in [1.54, 1.807) is 24.3 Å². The van der Waals surface area contributed by atoms with Gasteiger partial charge in [0.2, 0.25) is 10.0 Å². The Hall–Kier alpha value is -3.03. The lowest BCUT2D eigenvalue weighted by molar-refractivity contribution is -0.118. The van der Waals surface area contributed by atoms with Gasteiger partial charge in [0.05, 0.1) is 47.8 Å². The first kappa shape index (κ1) is 25.3. The quantitative estimate of drug-likeness (QED) is 0.500. The Kier molecular flexibility index (Phi) is 7.06. The van der Waals surface area contributed by atoms with Crippen molar-refractivity contribution in [2.75, 3.05) is 44.8 Å². The normalized spacial score (nSPS) is 20.7. The molecule has 10 nitrogen and oxygen atoms in total. The van der Waals surface area contributed by atoms with Crippen LogP contribution in [0.5, 0.6) is 5.75 Å². The molecule has 0 saturated carbocycles. The van der Waals surface area contributed by atoms with E-state index in [1.807, 2.05) is 23.6 Å². The summed E-state index contributed by atoms with van der Waals surface area (Å²) in [6.07, 6.45) is 2.09. The molecule has 3 aliphatic heterocycles. The fourth-order valence-corrected chi connectivity index (χ4v) is 7.15. The van der Waals surface area contributed by atoms with Gasteiger partial charge in [-0.1, -0.05) is 0 Å². The molecule has 12 heteroatoms. The summed E-state index contributed by atoms with van der Waals surface area (Å²) in [5.41, 5.74) is 3.19. The minimum Gasteiger partial charge on any atom is -0.482 e. The first-order valence-corrected chi connectivity index (χ1v) is 14.9. The van der Waals surface area contributed by atoms with E-state index < -0.39 is 10.0 Å². The van der Waals surface area contributed by atoms with Gasteiger partial charge in [-0.3, -0.25) is 4.79 Å². The van der Waals surface area contributed by atoms with Crippen molar-refractivity contribution in [2.24, 2.45) is 4.99 Å². The average molecular weight is 557 g/mol. The minimum absolute atomic E-state index is 0.0133. The van der Waals surface area contributed by atoms with Gasteiger partial charge in [0, 0.05) is 30.6 Å². The summed E-state index contributed by atoms with van der Waals surface area (Å²) in [7, 11) is -3.57. The van der Waals surface area contributed by atoms with E-state index in [1.165, 1.54) is 15.6 Å². The summed E-state index contributed by atoms with van der Waals surface area (Å²) in [4.78, 5) is 17.7. The average Bonchev–Trinajstić information content (AvgIpc) is 3.60. The highest BCUT2D eigenvalue weighted by atomic mass is 32.2. The van der Waals surface area contributed by atoms with Gasteiger partial charge in [-0.2, -0.15) is 4.31 Å². The number of benzene rings is 2. The molecule has 1 aromatic heterocycles. The Morgan fingerprint density at radius 2 is 1.89 bits per heavy atom. The first-order chi connectivity index (χ1) is 18.5.